The standard InChI is InChI=1S/C17H20F3N5/c1-9-8-11(2-3-12(9)10-4-6-23-7-5-10)14-13(17(18,19)20)15(21)25-16(22)24-14/h2-3,8,10,23H,4-7H2,1H3,(H4,21,22,24,25). The van der Waals surface area contributed by atoms with Crippen molar-refractivity contribution in [2.45, 2.75) is 31.9 Å². The number of halogens is 3. The smallest absolute Gasteiger partial charge is 0.383 e. The summed E-state index contributed by atoms with van der Waals surface area (Å²) in [7, 11) is 0. The van der Waals surface area contributed by atoms with Gasteiger partial charge in [0.15, 0.2) is 0 Å². The van der Waals surface area contributed by atoms with Crippen molar-refractivity contribution in [2.75, 3.05) is 24.6 Å². The van der Waals surface area contributed by atoms with Gasteiger partial charge in [-0.3, -0.25) is 0 Å². The Kier molecular flexibility index (Phi) is 4.55. The SMILES string of the molecule is Cc1cc(-c2nc(N)nc(N)c2C(F)(F)F)ccc1C1CCNCC1. The summed E-state index contributed by atoms with van der Waals surface area (Å²) in [6, 6.07) is 5.25. The van der Waals surface area contributed by atoms with Crippen LogP contribution in [0.3, 0.4) is 0 Å². The van der Waals surface area contributed by atoms with Crippen molar-refractivity contribution in [3.63, 3.8) is 0 Å². The largest absolute Gasteiger partial charge is 0.422 e. The lowest BCUT2D eigenvalue weighted by Crippen LogP contribution is -2.26. The van der Waals surface area contributed by atoms with E-state index in [9.17, 15) is 13.2 Å². The molecule has 1 fully saturated rings. The number of nitrogens with one attached hydrogen (secondary N) is 1. The summed E-state index contributed by atoms with van der Waals surface area (Å²) in [5.41, 5.74) is 12.1. The normalized spacial score (nSPS) is 16.2. The maximum absolute atomic E-state index is 13.4. The summed E-state index contributed by atoms with van der Waals surface area (Å²) in [5, 5.41) is 3.31. The zero-order valence-corrected chi connectivity index (χ0v) is 13.8. The molecule has 0 bridgehead atoms. The summed E-state index contributed by atoms with van der Waals surface area (Å²) in [6.45, 7) is 3.80. The molecule has 1 aliphatic rings. The zero-order valence-electron chi connectivity index (χ0n) is 13.8. The first-order valence-corrected chi connectivity index (χ1v) is 8.09. The summed E-state index contributed by atoms with van der Waals surface area (Å²) < 4.78 is 40.2. The van der Waals surface area contributed by atoms with E-state index in [-0.39, 0.29) is 11.6 Å². The van der Waals surface area contributed by atoms with Crippen molar-refractivity contribution in [1.29, 1.82) is 0 Å². The summed E-state index contributed by atoms with van der Waals surface area (Å²) in [5.74, 6) is -0.520. The molecular weight excluding hydrogens is 331 g/mol. The second-order valence-corrected chi connectivity index (χ2v) is 6.28. The summed E-state index contributed by atoms with van der Waals surface area (Å²) >= 11 is 0. The highest BCUT2D eigenvalue weighted by molar-refractivity contribution is 5.71. The van der Waals surface area contributed by atoms with Crippen molar-refractivity contribution in [3.8, 4) is 11.3 Å². The Morgan fingerprint density at radius 1 is 1.12 bits per heavy atom. The third-order valence-electron chi connectivity index (χ3n) is 4.56. The summed E-state index contributed by atoms with van der Waals surface area (Å²) in [4.78, 5) is 7.27. The Morgan fingerprint density at radius 3 is 2.40 bits per heavy atom. The Balaban J connectivity index is 2.07. The number of nitrogens with zero attached hydrogens (tertiary/aromatic N) is 2. The molecule has 5 nitrogen and oxygen atoms in total. The van der Waals surface area contributed by atoms with Crippen molar-refractivity contribution in [1.82, 2.24) is 15.3 Å². The number of hydrogen-bond donors (Lipinski definition) is 3. The number of aromatic nitrogens is 2. The lowest BCUT2D eigenvalue weighted by atomic mass is 9.86. The average Bonchev–Trinajstić information content (AvgIpc) is 2.53. The maximum Gasteiger partial charge on any atom is 0.422 e. The molecule has 0 spiro atoms. The number of benzene rings is 1. The van der Waals surface area contributed by atoms with Gasteiger partial charge < -0.3 is 16.8 Å². The molecule has 0 unspecified atom stereocenters. The molecule has 3 rings (SSSR count). The molecule has 0 atom stereocenters. The highest BCUT2D eigenvalue weighted by Crippen LogP contribution is 2.40. The van der Waals surface area contributed by atoms with Gasteiger partial charge in [-0.2, -0.15) is 18.2 Å². The van der Waals surface area contributed by atoms with Crippen molar-refractivity contribution >= 4 is 11.8 Å². The van der Waals surface area contributed by atoms with Crippen LogP contribution >= 0.6 is 0 Å². The third-order valence-corrected chi connectivity index (χ3v) is 4.56. The molecule has 0 aliphatic carbocycles. The highest BCUT2D eigenvalue weighted by atomic mass is 19.4. The van der Waals surface area contributed by atoms with Gasteiger partial charge in [0.25, 0.3) is 0 Å². The first-order valence-electron chi connectivity index (χ1n) is 8.09. The first-order chi connectivity index (χ1) is 11.8. The van der Waals surface area contributed by atoms with E-state index in [2.05, 4.69) is 15.3 Å². The van der Waals surface area contributed by atoms with Crippen molar-refractivity contribution in [3.05, 3.63) is 34.9 Å². The molecule has 0 radical (unpaired) electrons. The molecule has 2 heterocycles. The Bertz CT molecular complexity index is 783. The van der Waals surface area contributed by atoms with Crippen LogP contribution in [-0.4, -0.2) is 23.1 Å². The molecule has 134 valence electrons. The van der Waals surface area contributed by atoms with E-state index in [1.165, 1.54) is 0 Å². The minimum Gasteiger partial charge on any atom is -0.383 e. The molecule has 5 N–H and O–H groups in total. The van der Waals surface area contributed by atoms with Crippen molar-refractivity contribution in [2.24, 2.45) is 0 Å². The van der Waals surface area contributed by atoms with Crippen LogP contribution in [0.5, 0.6) is 0 Å². The number of alkyl halides is 3. The first kappa shape index (κ1) is 17.5. The maximum atomic E-state index is 13.4. The van der Waals surface area contributed by atoms with Gasteiger partial charge in [0.2, 0.25) is 5.95 Å². The molecule has 2 aromatic rings. The van der Waals surface area contributed by atoms with E-state index in [0.29, 0.717) is 11.5 Å². The van der Waals surface area contributed by atoms with Crippen LogP contribution in [0.25, 0.3) is 11.3 Å². The molecule has 1 aliphatic heterocycles. The second kappa shape index (κ2) is 6.51. The monoisotopic (exact) mass is 351 g/mol. The molecule has 8 heteroatoms. The van der Waals surface area contributed by atoms with Gasteiger partial charge in [0.1, 0.15) is 11.4 Å². The predicted molar refractivity (Wildman–Crippen MR) is 90.9 cm³/mol. The lowest BCUT2D eigenvalue weighted by Gasteiger charge is -2.25. The van der Waals surface area contributed by atoms with E-state index in [1.807, 2.05) is 13.0 Å². The van der Waals surface area contributed by atoms with Crippen LogP contribution in [0.2, 0.25) is 0 Å². The van der Waals surface area contributed by atoms with E-state index >= 15 is 0 Å². The van der Waals surface area contributed by atoms with Gasteiger partial charge in [0.05, 0.1) is 5.69 Å². The lowest BCUT2D eigenvalue weighted by molar-refractivity contribution is -0.136. The van der Waals surface area contributed by atoms with Crippen LogP contribution in [0.1, 0.15) is 35.4 Å². The molecule has 1 aromatic heterocycles. The molecule has 1 aromatic carbocycles. The fourth-order valence-corrected chi connectivity index (χ4v) is 3.40. The van der Waals surface area contributed by atoms with Crippen LogP contribution in [0.15, 0.2) is 18.2 Å². The number of hydrogen-bond acceptors (Lipinski definition) is 5. The van der Waals surface area contributed by atoms with Gasteiger partial charge >= 0.3 is 6.18 Å². The van der Waals surface area contributed by atoms with E-state index in [4.69, 9.17) is 11.5 Å². The summed E-state index contributed by atoms with van der Waals surface area (Å²) in [6.07, 6.45) is -2.63. The predicted octanol–water partition coefficient (Wildman–Crippen LogP) is 3.10. The third kappa shape index (κ3) is 3.53. The van der Waals surface area contributed by atoms with E-state index in [1.54, 1.807) is 12.1 Å². The Labute approximate surface area is 143 Å². The van der Waals surface area contributed by atoms with Gasteiger partial charge in [-0.15, -0.1) is 0 Å². The van der Waals surface area contributed by atoms with Crippen LogP contribution in [-0.2, 0) is 6.18 Å². The topological polar surface area (TPSA) is 89.8 Å². The number of nitrogens with two attached hydrogens (primary N) is 2. The second-order valence-electron chi connectivity index (χ2n) is 6.28. The highest BCUT2D eigenvalue weighted by Gasteiger charge is 2.38. The Morgan fingerprint density at radius 2 is 1.80 bits per heavy atom. The average molecular weight is 351 g/mol. The quantitative estimate of drug-likeness (QED) is 0.773. The number of nitrogen functional groups attached to an aromatic ring is 2. The number of aryl methyl sites for hydroxylation is 1. The number of piperidine rings is 1. The minimum absolute atomic E-state index is 0.277. The van der Waals surface area contributed by atoms with Gasteiger partial charge in [0, 0.05) is 5.56 Å². The fourth-order valence-electron chi connectivity index (χ4n) is 3.40. The number of anilines is 2. The van der Waals surface area contributed by atoms with Gasteiger partial charge in [-0.25, -0.2) is 4.98 Å². The molecule has 1 saturated heterocycles. The molecular formula is C17H20F3N5. The molecule has 0 amide bonds. The van der Waals surface area contributed by atoms with E-state index < -0.39 is 17.6 Å². The van der Waals surface area contributed by atoms with Crippen LogP contribution in [0.4, 0.5) is 24.9 Å². The van der Waals surface area contributed by atoms with E-state index in [0.717, 1.165) is 37.1 Å². The van der Waals surface area contributed by atoms with Gasteiger partial charge in [-0.05, 0) is 56.0 Å². The minimum atomic E-state index is -4.66. The number of rotatable bonds is 2. The Hall–Kier alpha value is -2.35. The van der Waals surface area contributed by atoms with Crippen LogP contribution < -0.4 is 16.8 Å². The zero-order chi connectivity index (χ0) is 18.2. The van der Waals surface area contributed by atoms with Gasteiger partial charge in [-0.1, -0.05) is 12.1 Å². The van der Waals surface area contributed by atoms with Crippen LogP contribution in [0, 0.1) is 6.92 Å². The fraction of sp³-hybridized carbons (Fsp3) is 0.412. The molecule has 0 saturated carbocycles. The molecule has 25 heavy (non-hydrogen) atoms. The van der Waals surface area contributed by atoms with Crippen molar-refractivity contribution < 1.29 is 13.2 Å².